The van der Waals surface area contributed by atoms with Gasteiger partial charge in [0.2, 0.25) is 5.91 Å². The molecule has 0 unspecified atom stereocenters. The normalized spacial score (nSPS) is 14.0. The Morgan fingerprint density at radius 3 is 2.73 bits per heavy atom. The topological polar surface area (TPSA) is 55.2 Å². The van der Waals surface area contributed by atoms with Gasteiger partial charge < -0.3 is 4.90 Å². The molecule has 2 aromatic heterocycles. The molecule has 1 aliphatic rings. The molecule has 0 saturated carbocycles. The molecule has 0 aliphatic heterocycles. The minimum Gasteiger partial charge on any atom is -0.348 e. The van der Waals surface area contributed by atoms with E-state index in [2.05, 4.69) is 13.8 Å². The first kappa shape index (κ1) is 19.4. The first-order valence-electron chi connectivity index (χ1n) is 9.26. The van der Waals surface area contributed by atoms with E-state index in [1.54, 1.807) is 34.9 Å². The highest BCUT2D eigenvalue weighted by Gasteiger charge is 2.22. The Hall–Kier alpha value is -1.34. The fourth-order valence-electron chi connectivity index (χ4n) is 3.17. The van der Waals surface area contributed by atoms with Gasteiger partial charge in [-0.15, -0.1) is 11.3 Å². The first-order valence-corrected chi connectivity index (χ1v) is 11.1. The highest BCUT2D eigenvalue weighted by Crippen LogP contribution is 2.34. The minimum absolute atomic E-state index is 0.0326. The lowest BCUT2D eigenvalue weighted by atomic mass is 9.97. The number of rotatable bonds is 6. The number of thioether (sulfide) groups is 1. The maximum absolute atomic E-state index is 13.3. The summed E-state index contributed by atoms with van der Waals surface area (Å²) in [5.41, 5.74) is 1.31. The van der Waals surface area contributed by atoms with Crippen molar-refractivity contribution in [1.29, 1.82) is 0 Å². The van der Waals surface area contributed by atoms with Crippen LogP contribution in [0.15, 0.2) is 9.95 Å². The van der Waals surface area contributed by atoms with Crippen LogP contribution in [-0.2, 0) is 24.2 Å². The zero-order valence-electron chi connectivity index (χ0n) is 16.0. The third-order valence-corrected chi connectivity index (χ3v) is 6.94. The molecule has 0 bridgehead atoms. The standard InChI is InChI=1S/C19H27N3O2S2/c1-12(2)9-10-22-18(24)16-13-7-5-6-8-14(13)26-17(16)20-19(22)25-11-15(23)21(3)4/h12H,5-11H2,1-4H3. The van der Waals surface area contributed by atoms with Gasteiger partial charge in [-0.3, -0.25) is 14.2 Å². The number of thiophene rings is 1. The van der Waals surface area contributed by atoms with E-state index in [1.165, 1.54) is 28.6 Å². The molecule has 1 amide bonds. The lowest BCUT2D eigenvalue weighted by Crippen LogP contribution is -2.27. The maximum atomic E-state index is 13.3. The summed E-state index contributed by atoms with van der Waals surface area (Å²) < 4.78 is 1.80. The van der Waals surface area contributed by atoms with Crippen LogP contribution in [0, 0.1) is 5.92 Å². The van der Waals surface area contributed by atoms with Crippen LogP contribution in [0.25, 0.3) is 10.2 Å². The van der Waals surface area contributed by atoms with Crippen molar-refractivity contribution in [3.05, 3.63) is 20.8 Å². The number of aromatic nitrogens is 2. The smallest absolute Gasteiger partial charge is 0.263 e. The number of hydrogen-bond donors (Lipinski definition) is 0. The molecular weight excluding hydrogens is 366 g/mol. The van der Waals surface area contributed by atoms with E-state index in [1.807, 2.05) is 0 Å². The Morgan fingerprint density at radius 2 is 2.04 bits per heavy atom. The molecule has 0 radical (unpaired) electrons. The molecule has 1 aliphatic carbocycles. The molecule has 5 nitrogen and oxygen atoms in total. The van der Waals surface area contributed by atoms with E-state index in [4.69, 9.17) is 4.98 Å². The van der Waals surface area contributed by atoms with E-state index < -0.39 is 0 Å². The van der Waals surface area contributed by atoms with Crippen LogP contribution in [0.2, 0.25) is 0 Å². The average molecular weight is 394 g/mol. The monoisotopic (exact) mass is 393 g/mol. The average Bonchev–Trinajstić information content (AvgIpc) is 2.97. The number of amides is 1. The number of carbonyl (C=O) groups is 1. The van der Waals surface area contributed by atoms with Crippen LogP contribution in [0.4, 0.5) is 0 Å². The van der Waals surface area contributed by atoms with E-state index in [0.717, 1.165) is 35.9 Å². The summed E-state index contributed by atoms with van der Waals surface area (Å²) in [6, 6.07) is 0. The summed E-state index contributed by atoms with van der Waals surface area (Å²) in [6.07, 6.45) is 5.32. The van der Waals surface area contributed by atoms with Gasteiger partial charge in [0, 0.05) is 25.5 Å². The molecule has 3 rings (SSSR count). The molecule has 0 N–H and O–H groups in total. The van der Waals surface area contributed by atoms with E-state index in [9.17, 15) is 9.59 Å². The zero-order valence-corrected chi connectivity index (χ0v) is 17.6. The lowest BCUT2D eigenvalue weighted by molar-refractivity contribution is -0.125. The predicted octanol–water partition coefficient (Wildman–Crippen LogP) is 3.56. The van der Waals surface area contributed by atoms with Gasteiger partial charge in [0.15, 0.2) is 5.16 Å². The van der Waals surface area contributed by atoms with Crippen molar-refractivity contribution in [2.24, 2.45) is 5.92 Å². The Balaban J connectivity index is 2.04. The van der Waals surface area contributed by atoms with Gasteiger partial charge in [0.25, 0.3) is 5.56 Å². The maximum Gasteiger partial charge on any atom is 0.263 e. The number of fused-ring (bicyclic) bond motifs is 3. The van der Waals surface area contributed by atoms with Gasteiger partial charge >= 0.3 is 0 Å². The van der Waals surface area contributed by atoms with Crippen LogP contribution in [0.5, 0.6) is 0 Å². The minimum atomic E-state index is 0.0326. The quantitative estimate of drug-likeness (QED) is 0.556. The summed E-state index contributed by atoms with van der Waals surface area (Å²) in [4.78, 5) is 33.9. The zero-order chi connectivity index (χ0) is 18.8. The second-order valence-electron chi connectivity index (χ2n) is 7.50. The van der Waals surface area contributed by atoms with E-state index >= 15 is 0 Å². The Bertz CT molecular complexity index is 868. The third-order valence-electron chi connectivity index (χ3n) is 4.79. The van der Waals surface area contributed by atoms with E-state index in [0.29, 0.717) is 23.4 Å². The number of carbonyl (C=O) groups excluding carboxylic acids is 1. The SMILES string of the molecule is CC(C)CCn1c(SCC(=O)N(C)C)nc2sc3c(c2c1=O)CCCC3. The van der Waals surface area contributed by atoms with Crippen LogP contribution in [0.1, 0.15) is 43.6 Å². The first-order chi connectivity index (χ1) is 12.4. The largest absolute Gasteiger partial charge is 0.348 e. The second kappa shape index (κ2) is 8.13. The van der Waals surface area contributed by atoms with Crippen LogP contribution < -0.4 is 5.56 Å². The molecule has 2 aromatic rings. The molecular formula is C19H27N3O2S2. The summed E-state index contributed by atoms with van der Waals surface area (Å²) in [7, 11) is 3.50. The van der Waals surface area contributed by atoms with Gasteiger partial charge in [0.05, 0.1) is 11.1 Å². The lowest BCUT2D eigenvalue weighted by Gasteiger charge is -2.15. The van der Waals surface area contributed by atoms with Gasteiger partial charge in [0.1, 0.15) is 4.83 Å². The number of hydrogen-bond acceptors (Lipinski definition) is 5. The highest BCUT2D eigenvalue weighted by molar-refractivity contribution is 7.99. The van der Waals surface area contributed by atoms with Crippen molar-refractivity contribution in [2.45, 2.75) is 57.7 Å². The number of nitrogens with zero attached hydrogens (tertiary/aromatic N) is 3. The van der Waals surface area contributed by atoms with Crippen molar-refractivity contribution in [1.82, 2.24) is 14.5 Å². The molecule has 0 atom stereocenters. The van der Waals surface area contributed by atoms with Crippen molar-refractivity contribution in [2.75, 3.05) is 19.8 Å². The Labute approximate surface area is 162 Å². The molecule has 26 heavy (non-hydrogen) atoms. The summed E-state index contributed by atoms with van der Waals surface area (Å²) in [5, 5.41) is 1.51. The number of aryl methyl sites for hydroxylation is 2. The third kappa shape index (κ3) is 3.98. The second-order valence-corrected chi connectivity index (χ2v) is 9.53. The van der Waals surface area contributed by atoms with Crippen molar-refractivity contribution < 1.29 is 4.79 Å². The summed E-state index contributed by atoms with van der Waals surface area (Å²) in [5.74, 6) is 0.845. The molecule has 0 spiro atoms. The molecule has 142 valence electrons. The molecule has 0 aromatic carbocycles. The molecule has 2 heterocycles. The van der Waals surface area contributed by atoms with Crippen LogP contribution in [0.3, 0.4) is 0 Å². The van der Waals surface area contributed by atoms with Crippen molar-refractivity contribution >= 4 is 39.2 Å². The van der Waals surface area contributed by atoms with Crippen LogP contribution >= 0.6 is 23.1 Å². The van der Waals surface area contributed by atoms with Gasteiger partial charge in [-0.1, -0.05) is 25.6 Å². The highest BCUT2D eigenvalue weighted by atomic mass is 32.2. The van der Waals surface area contributed by atoms with Crippen molar-refractivity contribution in [3.8, 4) is 0 Å². The summed E-state index contributed by atoms with van der Waals surface area (Å²) >= 11 is 3.05. The Morgan fingerprint density at radius 1 is 1.31 bits per heavy atom. The van der Waals surface area contributed by atoms with Gasteiger partial charge in [-0.05, 0) is 43.6 Å². The Kier molecular flexibility index (Phi) is 6.07. The van der Waals surface area contributed by atoms with Gasteiger partial charge in [-0.25, -0.2) is 4.98 Å². The predicted molar refractivity (Wildman–Crippen MR) is 109 cm³/mol. The molecule has 7 heteroatoms. The fourth-order valence-corrected chi connectivity index (χ4v) is 5.48. The van der Waals surface area contributed by atoms with Crippen molar-refractivity contribution in [3.63, 3.8) is 0 Å². The molecule has 0 saturated heterocycles. The summed E-state index contributed by atoms with van der Waals surface area (Å²) in [6.45, 7) is 4.97. The fraction of sp³-hybridized carbons (Fsp3) is 0.632. The van der Waals surface area contributed by atoms with Gasteiger partial charge in [-0.2, -0.15) is 0 Å². The van der Waals surface area contributed by atoms with Crippen LogP contribution in [-0.4, -0.2) is 40.2 Å². The molecule has 0 fully saturated rings. The van der Waals surface area contributed by atoms with E-state index in [-0.39, 0.29) is 11.5 Å².